The van der Waals surface area contributed by atoms with Crippen LogP contribution in [-0.2, 0) is 6.54 Å². The monoisotopic (exact) mass is 409 g/mol. The van der Waals surface area contributed by atoms with Crippen molar-refractivity contribution in [1.82, 2.24) is 24.8 Å². The van der Waals surface area contributed by atoms with E-state index in [9.17, 15) is 0 Å². The predicted octanol–water partition coefficient (Wildman–Crippen LogP) is 4.61. The number of anilines is 2. The van der Waals surface area contributed by atoms with Crippen LogP contribution in [-0.4, -0.2) is 31.4 Å². The molecular formula is C24H23N7. The first-order valence-electron chi connectivity index (χ1n) is 10.5. The number of aromatic nitrogens is 4. The summed E-state index contributed by atoms with van der Waals surface area (Å²) in [5, 5.41) is 13.3. The lowest BCUT2D eigenvalue weighted by atomic mass is 10.1. The maximum absolute atomic E-state index is 8.86. The summed E-state index contributed by atoms with van der Waals surface area (Å²) in [5.41, 5.74) is 5.94. The number of aromatic amines is 1. The Balaban J connectivity index is 1.30. The number of benzene rings is 1. The molecule has 154 valence electrons. The third kappa shape index (κ3) is 3.86. The molecule has 0 radical (unpaired) electrons. The number of para-hydroxylation sites is 1. The van der Waals surface area contributed by atoms with Crippen LogP contribution in [0.15, 0.2) is 55.0 Å². The molecule has 0 unspecified atom stereocenters. The molecule has 7 heteroatoms. The van der Waals surface area contributed by atoms with E-state index in [2.05, 4.69) is 56.4 Å². The van der Waals surface area contributed by atoms with Crippen molar-refractivity contribution < 1.29 is 0 Å². The van der Waals surface area contributed by atoms with Crippen LogP contribution in [0.4, 0.5) is 11.5 Å². The zero-order valence-electron chi connectivity index (χ0n) is 17.3. The molecule has 1 saturated heterocycles. The Kier molecular flexibility index (Phi) is 5.06. The molecular weight excluding hydrogens is 386 g/mol. The number of nitriles is 1. The van der Waals surface area contributed by atoms with Gasteiger partial charge in [0.15, 0.2) is 0 Å². The molecule has 5 rings (SSSR count). The molecule has 0 aliphatic carbocycles. The number of pyridine rings is 1. The third-order valence-electron chi connectivity index (χ3n) is 5.96. The van der Waals surface area contributed by atoms with E-state index >= 15 is 0 Å². The Labute approximate surface area is 180 Å². The van der Waals surface area contributed by atoms with Crippen LogP contribution in [0.5, 0.6) is 0 Å². The van der Waals surface area contributed by atoms with Gasteiger partial charge in [-0.25, -0.2) is 9.97 Å². The van der Waals surface area contributed by atoms with Gasteiger partial charge in [0.25, 0.3) is 0 Å². The quantitative estimate of drug-likeness (QED) is 0.500. The van der Waals surface area contributed by atoms with Crippen LogP contribution < -0.4 is 5.32 Å². The van der Waals surface area contributed by atoms with Crippen molar-refractivity contribution in [3.8, 4) is 6.07 Å². The molecule has 0 spiro atoms. The fourth-order valence-corrected chi connectivity index (χ4v) is 4.31. The summed E-state index contributed by atoms with van der Waals surface area (Å²) >= 11 is 0. The summed E-state index contributed by atoms with van der Waals surface area (Å²) in [6.45, 7) is 4.12. The van der Waals surface area contributed by atoms with Gasteiger partial charge < -0.3 is 10.3 Å². The Bertz CT molecular complexity index is 1240. The van der Waals surface area contributed by atoms with E-state index in [-0.39, 0.29) is 6.04 Å². The van der Waals surface area contributed by atoms with Gasteiger partial charge in [0.2, 0.25) is 0 Å². The van der Waals surface area contributed by atoms with Crippen LogP contribution >= 0.6 is 0 Å². The van der Waals surface area contributed by atoms with Gasteiger partial charge in [0, 0.05) is 23.1 Å². The van der Waals surface area contributed by atoms with Crippen molar-refractivity contribution in [3.05, 3.63) is 77.6 Å². The van der Waals surface area contributed by atoms with Crippen LogP contribution in [0.3, 0.4) is 0 Å². The highest BCUT2D eigenvalue weighted by molar-refractivity contribution is 5.84. The molecule has 7 nitrogen and oxygen atoms in total. The molecule has 0 bridgehead atoms. The molecule has 1 atom stereocenters. The number of hydrogen-bond acceptors (Lipinski definition) is 6. The van der Waals surface area contributed by atoms with Crippen molar-refractivity contribution in [1.29, 1.82) is 5.26 Å². The van der Waals surface area contributed by atoms with Gasteiger partial charge in [0.05, 0.1) is 36.0 Å². The van der Waals surface area contributed by atoms with E-state index in [0.29, 0.717) is 11.5 Å². The number of nitrogens with one attached hydrogen (secondary N) is 2. The van der Waals surface area contributed by atoms with Crippen molar-refractivity contribution in [3.63, 3.8) is 0 Å². The zero-order chi connectivity index (χ0) is 21.2. The highest BCUT2D eigenvalue weighted by Gasteiger charge is 2.28. The second kappa shape index (κ2) is 8.17. The Morgan fingerprint density at radius 2 is 2.03 bits per heavy atom. The number of hydrogen-bond donors (Lipinski definition) is 2. The van der Waals surface area contributed by atoms with Crippen LogP contribution in [0.25, 0.3) is 10.9 Å². The van der Waals surface area contributed by atoms with E-state index in [1.807, 2.05) is 18.3 Å². The molecule has 31 heavy (non-hydrogen) atoms. The minimum Gasteiger partial charge on any atom is -0.357 e. The van der Waals surface area contributed by atoms with E-state index in [1.54, 1.807) is 18.5 Å². The van der Waals surface area contributed by atoms with E-state index in [1.165, 1.54) is 22.2 Å². The molecule has 1 aliphatic heterocycles. The van der Waals surface area contributed by atoms with E-state index < -0.39 is 0 Å². The van der Waals surface area contributed by atoms with Crippen molar-refractivity contribution in [2.75, 3.05) is 11.9 Å². The van der Waals surface area contributed by atoms with Crippen molar-refractivity contribution in [2.45, 2.75) is 32.4 Å². The van der Waals surface area contributed by atoms with Crippen molar-refractivity contribution in [2.24, 2.45) is 0 Å². The number of aryl methyl sites for hydroxylation is 1. The number of H-pyrrole nitrogens is 1. The zero-order valence-corrected chi connectivity index (χ0v) is 17.3. The minimum atomic E-state index is 0.268. The van der Waals surface area contributed by atoms with Gasteiger partial charge in [-0.15, -0.1) is 0 Å². The summed E-state index contributed by atoms with van der Waals surface area (Å²) in [7, 11) is 0. The summed E-state index contributed by atoms with van der Waals surface area (Å²) in [6.07, 6.45) is 7.48. The fraction of sp³-hybridized carbons (Fsp3) is 0.250. The van der Waals surface area contributed by atoms with E-state index in [0.717, 1.165) is 37.3 Å². The average molecular weight is 409 g/mol. The molecule has 4 heterocycles. The van der Waals surface area contributed by atoms with Crippen LogP contribution in [0.2, 0.25) is 0 Å². The average Bonchev–Trinajstić information content (AvgIpc) is 3.40. The minimum absolute atomic E-state index is 0.268. The molecule has 3 aromatic heterocycles. The molecule has 1 fully saturated rings. The SMILES string of the molecule is Cc1c(CN2CCC[C@H]2c2cnc(Nc3ccc(C#N)nc3)cn2)[nH]c2ccccc12. The second-order valence-electron chi connectivity index (χ2n) is 7.90. The standard InChI is InChI=1S/C24H23N7/c1-16-19-5-2-3-6-20(19)30-22(16)15-31-10-4-7-23(31)21-13-28-24(14-27-21)29-18-9-8-17(11-25)26-12-18/h2-3,5-6,8-9,12-14,23,30H,4,7,10,15H2,1H3,(H,28,29)/t23-/m0/s1. The van der Waals surface area contributed by atoms with Gasteiger partial charge in [0.1, 0.15) is 17.6 Å². The number of fused-ring (bicyclic) bond motifs is 1. The Morgan fingerprint density at radius 3 is 2.77 bits per heavy atom. The van der Waals surface area contributed by atoms with Crippen molar-refractivity contribution >= 4 is 22.4 Å². The van der Waals surface area contributed by atoms with Gasteiger partial charge in [-0.3, -0.25) is 9.88 Å². The molecule has 1 aliphatic rings. The largest absolute Gasteiger partial charge is 0.357 e. The highest BCUT2D eigenvalue weighted by atomic mass is 15.2. The molecule has 0 amide bonds. The van der Waals surface area contributed by atoms with Gasteiger partial charge >= 0.3 is 0 Å². The predicted molar refractivity (Wildman–Crippen MR) is 120 cm³/mol. The normalized spacial score (nSPS) is 16.5. The highest BCUT2D eigenvalue weighted by Crippen LogP contribution is 2.33. The molecule has 4 aromatic rings. The number of rotatable bonds is 5. The fourth-order valence-electron chi connectivity index (χ4n) is 4.31. The molecule has 1 aromatic carbocycles. The maximum Gasteiger partial charge on any atom is 0.148 e. The van der Waals surface area contributed by atoms with Gasteiger partial charge in [-0.05, 0) is 50.1 Å². The lowest BCUT2D eigenvalue weighted by Crippen LogP contribution is -2.24. The first-order chi connectivity index (χ1) is 15.2. The molecule has 2 N–H and O–H groups in total. The summed E-state index contributed by atoms with van der Waals surface area (Å²) in [6, 6.07) is 14.2. The molecule has 0 saturated carbocycles. The lowest BCUT2D eigenvalue weighted by Gasteiger charge is -2.23. The lowest BCUT2D eigenvalue weighted by molar-refractivity contribution is 0.241. The smallest absolute Gasteiger partial charge is 0.148 e. The second-order valence-corrected chi connectivity index (χ2v) is 7.90. The maximum atomic E-state index is 8.86. The van der Waals surface area contributed by atoms with E-state index in [4.69, 9.17) is 10.2 Å². The first kappa shape index (κ1) is 19.2. The summed E-state index contributed by atoms with van der Waals surface area (Å²) in [5.74, 6) is 0.659. The third-order valence-corrected chi connectivity index (χ3v) is 5.96. The Hall–Kier alpha value is -3.76. The van der Waals surface area contributed by atoms with Crippen LogP contribution in [0, 0.1) is 18.3 Å². The summed E-state index contributed by atoms with van der Waals surface area (Å²) < 4.78 is 0. The Morgan fingerprint density at radius 1 is 1.13 bits per heavy atom. The summed E-state index contributed by atoms with van der Waals surface area (Å²) in [4.78, 5) is 19.4. The topological polar surface area (TPSA) is 93.5 Å². The van der Waals surface area contributed by atoms with Gasteiger partial charge in [-0.1, -0.05) is 18.2 Å². The van der Waals surface area contributed by atoms with Gasteiger partial charge in [-0.2, -0.15) is 5.26 Å². The van der Waals surface area contributed by atoms with Crippen LogP contribution in [0.1, 0.15) is 41.5 Å². The first-order valence-corrected chi connectivity index (χ1v) is 10.5. The number of likely N-dealkylation sites (tertiary alicyclic amines) is 1. The number of nitrogens with zero attached hydrogens (tertiary/aromatic N) is 5.